The van der Waals surface area contributed by atoms with Crippen molar-refractivity contribution in [3.05, 3.63) is 74.5 Å². The first kappa shape index (κ1) is 17.5. The van der Waals surface area contributed by atoms with Crippen molar-refractivity contribution in [2.24, 2.45) is 0 Å². The lowest BCUT2D eigenvalue weighted by Crippen LogP contribution is -2.11. The molecule has 5 rings (SSSR count). The molecule has 0 saturated carbocycles. The van der Waals surface area contributed by atoms with Gasteiger partial charge in [0.2, 0.25) is 0 Å². The molecule has 0 aliphatic carbocycles. The summed E-state index contributed by atoms with van der Waals surface area (Å²) in [5, 5.41) is 2.47. The highest BCUT2D eigenvalue weighted by molar-refractivity contribution is 6.03. The second kappa shape index (κ2) is 6.21. The molecule has 29 heavy (non-hydrogen) atoms. The number of anilines is 1. The monoisotopic (exact) mass is 383 g/mol. The Morgan fingerprint density at radius 1 is 0.690 bits per heavy atom. The largest absolute Gasteiger partial charge is 0.378 e. The molecule has 5 heteroatoms. The molecule has 5 nitrogen and oxygen atoms in total. The number of nitrogens with one attached hydrogen (secondary N) is 2. The van der Waals surface area contributed by atoms with Crippen LogP contribution in [0.25, 0.3) is 43.6 Å². The SMILES string of the molecule is CCc1ccc2[nH]c3cc4c(=O)c5ccc(N(C)C)cc5[nH]c4cc3c(=O)c2c1. The molecular weight excluding hydrogens is 362 g/mol. The summed E-state index contributed by atoms with van der Waals surface area (Å²) in [6, 6.07) is 15.2. The van der Waals surface area contributed by atoms with Crippen molar-refractivity contribution < 1.29 is 0 Å². The highest BCUT2D eigenvalue weighted by Gasteiger charge is 2.12. The van der Waals surface area contributed by atoms with Gasteiger partial charge in [-0.2, -0.15) is 0 Å². The van der Waals surface area contributed by atoms with E-state index in [1.165, 1.54) is 0 Å². The average molecular weight is 383 g/mol. The van der Waals surface area contributed by atoms with Crippen LogP contribution in [0.2, 0.25) is 0 Å². The van der Waals surface area contributed by atoms with Gasteiger partial charge in [0.15, 0.2) is 10.9 Å². The van der Waals surface area contributed by atoms with E-state index in [4.69, 9.17) is 0 Å². The maximum atomic E-state index is 13.2. The van der Waals surface area contributed by atoms with Gasteiger partial charge in [0.25, 0.3) is 0 Å². The Morgan fingerprint density at radius 3 is 1.93 bits per heavy atom. The van der Waals surface area contributed by atoms with E-state index in [0.29, 0.717) is 32.6 Å². The van der Waals surface area contributed by atoms with Crippen LogP contribution in [0.4, 0.5) is 5.69 Å². The summed E-state index contributed by atoms with van der Waals surface area (Å²) in [4.78, 5) is 35.0. The third kappa shape index (κ3) is 2.62. The Kier molecular flexibility index (Phi) is 3.74. The van der Waals surface area contributed by atoms with Crippen molar-refractivity contribution in [3.8, 4) is 0 Å². The van der Waals surface area contributed by atoms with Crippen LogP contribution >= 0.6 is 0 Å². The van der Waals surface area contributed by atoms with Crippen molar-refractivity contribution in [2.75, 3.05) is 19.0 Å². The molecule has 2 heterocycles. The van der Waals surface area contributed by atoms with E-state index in [0.717, 1.165) is 28.7 Å². The predicted octanol–water partition coefficient (Wildman–Crippen LogP) is 4.30. The number of rotatable bonds is 2. The van der Waals surface area contributed by atoms with Crippen LogP contribution in [0.15, 0.2) is 58.1 Å². The first-order chi connectivity index (χ1) is 14.0. The summed E-state index contributed by atoms with van der Waals surface area (Å²) in [5.41, 5.74) is 4.96. The summed E-state index contributed by atoms with van der Waals surface area (Å²) >= 11 is 0. The van der Waals surface area contributed by atoms with Crippen molar-refractivity contribution in [3.63, 3.8) is 0 Å². The number of hydrogen-bond acceptors (Lipinski definition) is 3. The number of aromatic amines is 2. The zero-order valence-corrected chi connectivity index (χ0v) is 16.6. The molecule has 0 amide bonds. The summed E-state index contributed by atoms with van der Waals surface area (Å²) in [6.07, 6.45) is 0.874. The van der Waals surface area contributed by atoms with Crippen LogP contribution in [0.3, 0.4) is 0 Å². The standard InChI is InChI=1S/C24H21N3O2/c1-4-13-5-8-19-16(9-13)24(29)18-12-22-17(11-21(18)25-19)23(28)15-7-6-14(27(2)3)10-20(15)26-22/h5-12H,4H2,1-3H3,(H,25,29)(H,26,28). The summed E-state index contributed by atoms with van der Waals surface area (Å²) in [5.74, 6) is 0. The fourth-order valence-electron chi connectivity index (χ4n) is 3.98. The van der Waals surface area contributed by atoms with Gasteiger partial charge in [-0.1, -0.05) is 13.0 Å². The molecule has 0 radical (unpaired) electrons. The number of fused-ring (bicyclic) bond motifs is 4. The second-order valence-corrected chi connectivity index (χ2v) is 7.71. The third-order valence-electron chi connectivity index (χ3n) is 5.69. The van der Waals surface area contributed by atoms with E-state index in [9.17, 15) is 9.59 Å². The minimum atomic E-state index is -0.0387. The molecule has 3 aromatic carbocycles. The fourth-order valence-corrected chi connectivity index (χ4v) is 3.98. The third-order valence-corrected chi connectivity index (χ3v) is 5.69. The van der Waals surface area contributed by atoms with Gasteiger partial charge in [-0.3, -0.25) is 9.59 Å². The smallest absolute Gasteiger partial charge is 0.197 e. The maximum Gasteiger partial charge on any atom is 0.197 e. The van der Waals surface area contributed by atoms with Crippen LogP contribution in [0, 0.1) is 0 Å². The lowest BCUT2D eigenvalue weighted by molar-refractivity contribution is 1.13. The summed E-state index contributed by atoms with van der Waals surface area (Å²) < 4.78 is 0. The van der Waals surface area contributed by atoms with Crippen LogP contribution in [-0.4, -0.2) is 24.1 Å². The summed E-state index contributed by atoms with van der Waals surface area (Å²) in [7, 11) is 3.92. The van der Waals surface area contributed by atoms with Crippen molar-refractivity contribution in [1.82, 2.24) is 9.97 Å². The summed E-state index contributed by atoms with van der Waals surface area (Å²) in [6.45, 7) is 2.07. The van der Waals surface area contributed by atoms with E-state index >= 15 is 0 Å². The number of benzene rings is 3. The minimum absolute atomic E-state index is 0.0195. The first-order valence-corrected chi connectivity index (χ1v) is 9.72. The Morgan fingerprint density at radius 2 is 1.28 bits per heavy atom. The molecule has 0 bridgehead atoms. The highest BCUT2D eigenvalue weighted by Crippen LogP contribution is 2.24. The number of pyridine rings is 2. The molecule has 0 aliphatic rings. The number of aryl methyl sites for hydroxylation is 1. The van der Waals surface area contributed by atoms with Crippen LogP contribution in [-0.2, 0) is 6.42 Å². The molecule has 144 valence electrons. The Hall–Kier alpha value is -3.60. The van der Waals surface area contributed by atoms with Crippen LogP contribution in [0.5, 0.6) is 0 Å². The van der Waals surface area contributed by atoms with Gasteiger partial charge >= 0.3 is 0 Å². The number of hydrogen-bond donors (Lipinski definition) is 2. The lowest BCUT2D eigenvalue weighted by Gasteiger charge is -2.13. The van der Waals surface area contributed by atoms with E-state index in [2.05, 4.69) is 16.9 Å². The van der Waals surface area contributed by atoms with Crippen LogP contribution < -0.4 is 15.8 Å². The zero-order chi connectivity index (χ0) is 20.3. The van der Waals surface area contributed by atoms with Gasteiger partial charge < -0.3 is 14.9 Å². The molecular formula is C24H21N3O2. The molecule has 5 aromatic rings. The van der Waals surface area contributed by atoms with Gasteiger partial charge in [0.1, 0.15) is 0 Å². The van der Waals surface area contributed by atoms with Crippen molar-refractivity contribution >= 4 is 49.3 Å². The average Bonchev–Trinajstić information content (AvgIpc) is 2.73. The molecule has 0 fully saturated rings. The van der Waals surface area contributed by atoms with E-state index in [-0.39, 0.29) is 10.9 Å². The fraction of sp³-hybridized carbons (Fsp3) is 0.167. The molecule has 0 atom stereocenters. The predicted molar refractivity (Wildman–Crippen MR) is 121 cm³/mol. The van der Waals surface area contributed by atoms with Gasteiger partial charge in [0, 0.05) is 46.8 Å². The highest BCUT2D eigenvalue weighted by atomic mass is 16.1. The normalized spacial score (nSPS) is 11.7. The quantitative estimate of drug-likeness (QED) is 0.447. The number of H-pyrrole nitrogens is 2. The number of nitrogens with zero attached hydrogens (tertiary/aromatic N) is 1. The van der Waals surface area contributed by atoms with Gasteiger partial charge in [-0.05, 0) is 54.4 Å². The van der Waals surface area contributed by atoms with Crippen LogP contribution in [0.1, 0.15) is 12.5 Å². The van der Waals surface area contributed by atoms with Gasteiger partial charge in [-0.15, -0.1) is 0 Å². The Bertz CT molecular complexity index is 1560. The van der Waals surface area contributed by atoms with E-state index < -0.39 is 0 Å². The van der Waals surface area contributed by atoms with E-state index in [1.54, 1.807) is 12.1 Å². The maximum absolute atomic E-state index is 13.2. The first-order valence-electron chi connectivity index (χ1n) is 9.72. The van der Waals surface area contributed by atoms with Gasteiger partial charge in [0.05, 0.1) is 16.6 Å². The molecule has 0 spiro atoms. The lowest BCUT2D eigenvalue weighted by atomic mass is 10.0. The molecule has 0 aliphatic heterocycles. The molecule has 2 N–H and O–H groups in total. The van der Waals surface area contributed by atoms with E-state index in [1.807, 2.05) is 55.4 Å². The second-order valence-electron chi connectivity index (χ2n) is 7.71. The van der Waals surface area contributed by atoms with Crippen molar-refractivity contribution in [1.29, 1.82) is 0 Å². The molecule has 0 unspecified atom stereocenters. The zero-order valence-electron chi connectivity index (χ0n) is 16.6. The Labute approximate surface area is 166 Å². The van der Waals surface area contributed by atoms with Crippen molar-refractivity contribution in [2.45, 2.75) is 13.3 Å². The Balaban J connectivity index is 1.90. The molecule has 2 aromatic heterocycles. The van der Waals surface area contributed by atoms with Gasteiger partial charge in [-0.25, -0.2) is 0 Å². The molecule has 0 saturated heterocycles. The topological polar surface area (TPSA) is 69.0 Å². The minimum Gasteiger partial charge on any atom is -0.378 e. The number of aromatic nitrogens is 2.